The molecular formula is C21H24N2O4. The molecule has 6 nitrogen and oxygen atoms in total. The van der Waals surface area contributed by atoms with E-state index < -0.39 is 0 Å². The lowest BCUT2D eigenvalue weighted by atomic mass is 10.1. The fourth-order valence-electron chi connectivity index (χ4n) is 2.38. The van der Waals surface area contributed by atoms with Crippen molar-refractivity contribution in [2.75, 3.05) is 25.6 Å². The van der Waals surface area contributed by atoms with Crippen molar-refractivity contribution in [3.8, 4) is 11.5 Å². The first-order valence-corrected chi connectivity index (χ1v) is 8.65. The van der Waals surface area contributed by atoms with Crippen LogP contribution in [0.5, 0.6) is 11.5 Å². The minimum Gasteiger partial charge on any atom is -0.496 e. The van der Waals surface area contributed by atoms with Crippen LogP contribution in [0.4, 0.5) is 5.69 Å². The van der Waals surface area contributed by atoms with Crippen LogP contribution < -0.4 is 20.1 Å². The molecule has 2 rings (SSSR count). The van der Waals surface area contributed by atoms with Gasteiger partial charge in [0.2, 0.25) is 11.8 Å². The van der Waals surface area contributed by atoms with Crippen molar-refractivity contribution in [3.05, 3.63) is 59.7 Å². The normalized spacial score (nSPS) is 10.5. The van der Waals surface area contributed by atoms with Gasteiger partial charge in [-0.1, -0.05) is 11.6 Å². The first kappa shape index (κ1) is 20.0. The van der Waals surface area contributed by atoms with Gasteiger partial charge in [-0.15, -0.1) is 0 Å². The zero-order valence-corrected chi connectivity index (χ0v) is 15.7. The van der Waals surface area contributed by atoms with E-state index in [-0.39, 0.29) is 18.4 Å². The highest BCUT2D eigenvalue weighted by atomic mass is 16.5. The molecule has 0 aromatic heterocycles. The number of benzene rings is 2. The highest BCUT2D eigenvalue weighted by molar-refractivity contribution is 5.98. The van der Waals surface area contributed by atoms with Crippen molar-refractivity contribution in [1.82, 2.24) is 5.32 Å². The standard InChI is InChI=1S/C21H24N2O4/c1-4-27-18-9-7-17(8-10-18)23-21(25)14-22-20(24)12-6-16-13-15(2)5-11-19(16)26-3/h5-13H,4,14H2,1-3H3,(H,22,24)(H,23,25)/b12-6+. The van der Waals surface area contributed by atoms with E-state index in [0.29, 0.717) is 18.0 Å². The Morgan fingerprint density at radius 1 is 1.11 bits per heavy atom. The molecule has 0 saturated carbocycles. The molecule has 2 amide bonds. The van der Waals surface area contributed by atoms with Gasteiger partial charge in [-0.3, -0.25) is 9.59 Å². The molecule has 0 atom stereocenters. The number of carbonyl (C=O) groups is 2. The monoisotopic (exact) mass is 368 g/mol. The first-order chi connectivity index (χ1) is 13.0. The predicted octanol–water partition coefficient (Wildman–Crippen LogP) is 3.17. The smallest absolute Gasteiger partial charge is 0.244 e. The topological polar surface area (TPSA) is 76.7 Å². The van der Waals surface area contributed by atoms with Gasteiger partial charge in [-0.05, 0) is 56.3 Å². The molecule has 0 radical (unpaired) electrons. The first-order valence-electron chi connectivity index (χ1n) is 8.65. The van der Waals surface area contributed by atoms with Gasteiger partial charge < -0.3 is 20.1 Å². The summed E-state index contributed by atoms with van der Waals surface area (Å²) < 4.78 is 10.6. The summed E-state index contributed by atoms with van der Waals surface area (Å²) in [6.45, 7) is 4.32. The molecule has 142 valence electrons. The third-order valence-corrected chi connectivity index (χ3v) is 3.67. The molecule has 0 aliphatic heterocycles. The summed E-state index contributed by atoms with van der Waals surface area (Å²) in [7, 11) is 1.58. The van der Waals surface area contributed by atoms with Crippen molar-refractivity contribution in [2.45, 2.75) is 13.8 Å². The lowest BCUT2D eigenvalue weighted by Crippen LogP contribution is -2.31. The van der Waals surface area contributed by atoms with Crippen LogP contribution in [-0.4, -0.2) is 32.1 Å². The number of rotatable bonds is 8. The van der Waals surface area contributed by atoms with Crippen LogP contribution in [0, 0.1) is 6.92 Å². The van der Waals surface area contributed by atoms with Gasteiger partial charge in [0, 0.05) is 17.3 Å². The van der Waals surface area contributed by atoms with E-state index in [1.165, 1.54) is 6.08 Å². The van der Waals surface area contributed by atoms with Crippen molar-refractivity contribution in [2.24, 2.45) is 0 Å². The number of anilines is 1. The average molecular weight is 368 g/mol. The molecule has 0 unspecified atom stereocenters. The van der Waals surface area contributed by atoms with Gasteiger partial charge in [0.15, 0.2) is 0 Å². The zero-order valence-electron chi connectivity index (χ0n) is 15.7. The molecular weight excluding hydrogens is 344 g/mol. The summed E-state index contributed by atoms with van der Waals surface area (Å²) in [4.78, 5) is 23.9. The quantitative estimate of drug-likeness (QED) is 0.702. The fraction of sp³-hybridized carbons (Fsp3) is 0.238. The molecule has 0 aliphatic rings. The molecule has 2 aromatic rings. The lowest BCUT2D eigenvalue weighted by Gasteiger charge is -2.08. The summed E-state index contributed by atoms with van der Waals surface area (Å²) >= 11 is 0. The Morgan fingerprint density at radius 2 is 1.85 bits per heavy atom. The Morgan fingerprint density at radius 3 is 2.52 bits per heavy atom. The Kier molecular flexibility index (Phi) is 7.43. The van der Waals surface area contributed by atoms with Gasteiger partial charge in [-0.25, -0.2) is 0 Å². The van der Waals surface area contributed by atoms with E-state index in [9.17, 15) is 9.59 Å². The fourth-order valence-corrected chi connectivity index (χ4v) is 2.38. The van der Waals surface area contributed by atoms with Gasteiger partial charge in [0.05, 0.1) is 20.3 Å². The van der Waals surface area contributed by atoms with Crippen LogP contribution in [0.2, 0.25) is 0 Å². The summed E-state index contributed by atoms with van der Waals surface area (Å²) in [5.74, 6) is 0.743. The molecule has 0 heterocycles. The van der Waals surface area contributed by atoms with Crippen molar-refractivity contribution in [1.29, 1.82) is 0 Å². The molecule has 27 heavy (non-hydrogen) atoms. The molecule has 6 heteroatoms. The van der Waals surface area contributed by atoms with E-state index in [0.717, 1.165) is 16.9 Å². The van der Waals surface area contributed by atoms with Crippen LogP contribution in [0.15, 0.2) is 48.5 Å². The Bertz CT molecular complexity index is 813. The number of carbonyl (C=O) groups excluding carboxylic acids is 2. The minimum atomic E-state index is -0.361. The summed E-state index contributed by atoms with van der Waals surface area (Å²) in [5, 5.41) is 5.27. The Balaban J connectivity index is 1.84. The van der Waals surface area contributed by atoms with E-state index in [1.807, 2.05) is 32.0 Å². The zero-order chi connectivity index (χ0) is 19.6. The number of ether oxygens (including phenoxy) is 2. The van der Waals surface area contributed by atoms with Gasteiger partial charge in [0.25, 0.3) is 0 Å². The minimum absolute atomic E-state index is 0.124. The van der Waals surface area contributed by atoms with E-state index in [4.69, 9.17) is 9.47 Å². The van der Waals surface area contributed by atoms with Crippen LogP contribution in [0.25, 0.3) is 6.08 Å². The molecule has 2 aromatic carbocycles. The lowest BCUT2D eigenvalue weighted by molar-refractivity contribution is -0.121. The average Bonchev–Trinajstić information content (AvgIpc) is 2.66. The van der Waals surface area contributed by atoms with Gasteiger partial charge in [0.1, 0.15) is 11.5 Å². The van der Waals surface area contributed by atoms with Crippen LogP contribution >= 0.6 is 0 Å². The second kappa shape index (κ2) is 10.0. The van der Waals surface area contributed by atoms with Crippen LogP contribution in [0.1, 0.15) is 18.1 Å². The summed E-state index contributed by atoms with van der Waals surface area (Å²) in [6, 6.07) is 12.7. The van der Waals surface area contributed by atoms with Gasteiger partial charge >= 0.3 is 0 Å². The molecule has 0 bridgehead atoms. The Hall–Kier alpha value is -3.28. The maximum atomic E-state index is 11.9. The maximum Gasteiger partial charge on any atom is 0.244 e. The van der Waals surface area contributed by atoms with E-state index in [1.54, 1.807) is 37.5 Å². The third kappa shape index (κ3) is 6.51. The second-order valence-corrected chi connectivity index (χ2v) is 5.80. The highest BCUT2D eigenvalue weighted by Crippen LogP contribution is 2.20. The number of amides is 2. The number of methoxy groups -OCH3 is 1. The number of hydrogen-bond donors (Lipinski definition) is 2. The third-order valence-electron chi connectivity index (χ3n) is 3.67. The van der Waals surface area contributed by atoms with Gasteiger partial charge in [-0.2, -0.15) is 0 Å². The number of aryl methyl sites for hydroxylation is 1. The van der Waals surface area contributed by atoms with Crippen molar-refractivity contribution >= 4 is 23.6 Å². The maximum absolute atomic E-state index is 11.9. The molecule has 2 N–H and O–H groups in total. The Labute approximate surface area is 159 Å². The van der Waals surface area contributed by atoms with E-state index >= 15 is 0 Å². The van der Waals surface area contributed by atoms with Crippen molar-refractivity contribution < 1.29 is 19.1 Å². The van der Waals surface area contributed by atoms with E-state index in [2.05, 4.69) is 10.6 Å². The molecule has 0 aliphatic carbocycles. The summed E-state index contributed by atoms with van der Waals surface area (Å²) in [6.07, 6.45) is 3.03. The molecule has 0 saturated heterocycles. The largest absolute Gasteiger partial charge is 0.496 e. The predicted molar refractivity (Wildman–Crippen MR) is 106 cm³/mol. The highest BCUT2D eigenvalue weighted by Gasteiger charge is 2.05. The SMILES string of the molecule is CCOc1ccc(NC(=O)CNC(=O)/C=C/c2cc(C)ccc2OC)cc1. The molecule has 0 spiro atoms. The second-order valence-electron chi connectivity index (χ2n) is 5.80. The van der Waals surface area contributed by atoms with Crippen molar-refractivity contribution in [3.63, 3.8) is 0 Å². The van der Waals surface area contributed by atoms with Crippen LogP contribution in [-0.2, 0) is 9.59 Å². The number of nitrogens with one attached hydrogen (secondary N) is 2. The molecule has 0 fully saturated rings. The summed E-state index contributed by atoms with van der Waals surface area (Å²) in [5.41, 5.74) is 2.50. The van der Waals surface area contributed by atoms with Crippen LogP contribution in [0.3, 0.4) is 0 Å². The number of hydrogen-bond acceptors (Lipinski definition) is 4.